The summed E-state index contributed by atoms with van der Waals surface area (Å²) >= 11 is 1.58. The summed E-state index contributed by atoms with van der Waals surface area (Å²) in [5, 5.41) is 6.97. The van der Waals surface area contributed by atoms with Crippen molar-refractivity contribution in [2.24, 2.45) is 5.92 Å². The third kappa shape index (κ3) is 3.96. The van der Waals surface area contributed by atoms with Gasteiger partial charge in [0, 0.05) is 6.54 Å². The molecule has 5 nitrogen and oxygen atoms in total. The van der Waals surface area contributed by atoms with Crippen LogP contribution < -0.4 is 5.32 Å². The highest BCUT2D eigenvalue weighted by molar-refractivity contribution is 7.07. The molecule has 1 aromatic carbocycles. The first-order chi connectivity index (χ1) is 13.9. The minimum atomic E-state index is -0.792. The Morgan fingerprint density at radius 1 is 1.07 bits per heavy atom. The van der Waals surface area contributed by atoms with E-state index in [2.05, 4.69) is 42.3 Å². The monoisotopic (exact) mass is 411 g/mol. The molecular formula is C23H29N3O2S. The van der Waals surface area contributed by atoms with Crippen molar-refractivity contribution in [3.05, 3.63) is 57.3 Å². The summed E-state index contributed by atoms with van der Waals surface area (Å²) in [6, 6.07) is 8.37. The Bertz CT molecular complexity index is 903. The lowest BCUT2D eigenvalue weighted by Gasteiger charge is -2.39. The van der Waals surface area contributed by atoms with Gasteiger partial charge in [0.2, 0.25) is 0 Å². The standard InChI is InChI=1S/C23H29N3O2S/c1-16-4-5-18(12-17(16)2)13-25-9-6-20(7-10-25)23(3)21(27)26(22(28)24-23)14-19-8-11-29-15-19/h4-5,8,11-12,15,20H,6-7,9-10,13-14H2,1-3H3,(H,24,28)/t23-/m0/s1. The molecule has 2 aliphatic rings. The van der Waals surface area contributed by atoms with E-state index in [1.165, 1.54) is 21.6 Å². The summed E-state index contributed by atoms with van der Waals surface area (Å²) in [4.78, 5) is 29.5. The lowest BCUT2D eigenvalue weighted by molar-refractivity contribution is -0.133. The molecule has 2 fully saturated rings. The van der Waals surface area contributed by atoms with E-state index in [4.69, 9.17) is 0 Å². The van der Waals surface area contributed by atoms with Gasteiger partial charge in [0.05, 0.1) is 6.54 Å². The molecule has 29 heavy (non-hydrogen) atoms. The maximum atomic E-state index is 13.1. The maximum absolute atomic E-state index is 13.1. The Morgan fingerprint density at radius 2 is 1.83 bits per heavy atom. The van der Waals surface area contributed by atoms with Crippen molar-refractivity contribution >= 4 is 23.3 Å². The normalized spacial score (nSPS) is 23.6. The quantitative estimate of drug-likeness (QED) is 0.754. The molecule has 3 amide bonds. The molecule has 3 heterocycles. The summed E-state index contributed by atoms with van der Waals surface area (Å²) in [6.45, 7) is 9.39. The first-order valence-corrected chi connectivity index (χ1v) is 11.2. The number of amides is 3. The van der Waals surface area contributed by atoms with Crippen molar-refractivity contribution in [1.29, 1.82) is 0 Å². The number of imide groups is 1. The number of thiophene rings is 1. The lowest BCUT2D eigenvalue weighted by atomic mass is 9.79. The molecular weight excluding hydrogens is 382 g/mol. The maximum Gasteiger partial charge on any atom is 0.325 e. The van der Waals surface area contributed by atoms with Gasteiger partial charge in [-0.15, -0.1) is 0 Å². The molecule has 1 atom stereocenters. The molecule has 0 aliphatic carbocycles. The van der Waals surface area contributed by atoms with E-state index in [1.54, 1.807) is 11.3 Å². The Labute approximate surface area is 176 Å². The predicted octanol–water partition coefficient (Wildman–Crippen LogP) is 4.09. The molecule has 6 heteroatoms. The van der Waals surface area contributed by atoms with E-state index in [-0.39, 0.29) is 17.9 Å². The highest BCUT2D eigenvalue weighted by Gasteiger charge is 2.52. The average Bonchev–Trinajstić information content (AvgIpc) is 3.29. The molecule has 2 saturated heterocycles. The minimum Gasteiger partial charge on any atom is -0.323 e. The molecule has 0 radical (unpaired) electrons. The first-order valence-electron chi connectivity index (χ1n) is 10.3. The Balaban J connectivity index is 1.38. The molecule has 0 unspecified atom stereocenters. The summed E-state index contributed by atoms with van der Waals surface area (Å²) < 4.78 is 0. The largest absolute Gasteiger partial charge is 0.325 e. The SMILES string of the molecule is Cc1ccc(CN2CCC([C@]3(C)NC(=O)N(Cc4ccsc4)C3=O)CC2)cc1C. The van der Waals surface area contributed by atoms with Gasteiger partial charge in [0.25, 0.3) is 5.91 Å². The number of nitrogens with zero attached hydrogens (tertiary/aromatic N) is 2. The second kappa shape index (κ2) is 7.92. The molecule has 1 N–H and O–H groups in total. The van der Waals surface area contributed by atoms with Crippen LogP contribution in [0.1, 0.15) is 42.0 Å². The van der Waals surface area contributed by atoms with Crippen molar-refractivity contribution in [1.82, 2.24) is 15.1 Å². The molecule has 2 aliphatic heterocycles. The smallest absolute Gasteiger partial charge is 0.323 e. The number of carbonyl (C=O) groups excluding carboxylic acids is 2. The van der Waals surface area contributed by atoms with Crippen LogP contribution in [0, 0.1) is 19.8 Å². The number of likely N-dealkylation sites (tertiary alicyclic amines) is 1. The number of hydrogen-bond acceptors (Lipinski definition) is 4. The molecule has 2 aromatic rings. The third-order valence-corrected chi connectivity index (χ3v) is 7.34. The topological polar surface area (TPSA) is 52.7 Å². The highest BCUT2D eigenvalue weighted by Crippen LogP contribution is 2.34. The van der Waals surface area contributed by atoms with Crippen LogP contribution in [-0.2, 0) is 17.9 Å². The van der Waals surface area contributed by atoms with E-state index in [9.17, 15) is 9.59 Å². The molecule has 0 bridgehead atoms. The van der Waals surface area contributed by atoms with Gasteiger partial charge >= 0.3 is 6.03 Å². The van der Waals surface area contributed by atoms with E-state index >= 15 is 0 Å². The molecule has 1 aromatic heterocycles. The second-order valence-electron chi connectivity index (χ2n) is 8.62. The van der Waals surface area contributed by atoms with Crippen molar-refractivity contribution in [3.8, 4) is 0 Å². The Morgan fingerprint density at radius 3 is 2.48 bits per heavy atom. The Kier molecular flexibility index (Phi) is 5.49. The van der Waals surface area contributed by atoms with Crippen LogP contribution in [0.15, 0.2) is 35.0 Å². The molecule has 0 spiro atoms. The fourth-order valence-electron chi connectivity index (χ4n) is 4.53. The summed E-state index contributed by atoms with van der Waals surface area (Å²) in [7, 11) is 0. The number of benzene rings is 1. The molecule has 0 saturated carbocycles. The predicted molar refractivity (Wildman–Crippen MR) is 116 cm³/mol. The van der Waals surface area contributed by atoms with E-state index in [0.717, 1.165) is 38.0 Å². The molecule has 4 rings (SSSR count). The average molecular weight is 412 g/mol. The number of hydrogen-bond donors (Lipinski definition) is 1. The van der Waals surface area contributed by atoms with Crippen LogP contribution in [0.4, 0.5) is 4.79 Å². The lowest BCUT2D eigenvalue weighted by Crippen LogP contribution is -2.53. The third-order valence-electron chi connectivity index (χ3n) is 6.60. The second-order valence-corrected chi connectivity index (χ2v) is 9.40. The zero-order valence-corrected chi connectivity index (χ0v) is 18.2. The van der Waals surface area contributed by atoms with Gasteiger partial charge in [-0.05, 0) is 91.7 Å². The summed E-state index contributed by atoms with van der Waals surface area (Å²) in [5.74, 6) is 0.0868. The van der Waals surface area contributed by atoms with Crippen molar-refractivity contribution in [2.75, 3.05) is 13.1 Å². The van der Waals surface area contributed by atoms with Gasteiger partial charge in [-0.3, -0.25) is 14.6 Å². The van der Waals surface area contributed by atoms with E-state index < -0.39 is 5.54 Å². The number of carbonyl (C=O) groups is 2. The van der Waals surface area contributed by atoms with Crippen LogP contribution in [0.2, 0.25) is 0 Å². The minimum absolute atomic E-state index is 0.0821. The fourth-order valence-corrected chi connectivity index (χ4v) is 5.19. The number of piperidine rings is 1. The van der Waals surface area contributed by atoms with Gasteiger partial charge in [-0.2, -0.15) is 11.3 Å². The summed E-state index contributed by atoms with van der Waals surface area (Å²) in [5.41, 5.74) is 4.20. The van der Waals surface area contributed by atoms with Gasteiger partial charge in [-0.1, -0.05) is 18.2 Å². The van der Waals surface area contributed by atoms with Crippen LogP contribution in [-0.4, -0.2) is 40.4 Å². The van der Waals surface area contributed by atoms with Crippen molar-refractivity contribution in [3.63, 3.8) is 0 Å². The number of urea groups is 1. The number of aryl methyl sites for hydroxylation is 2. The van der Waals surface area contributed by atoms with Crippen molar-refractivity contribution < 1.29 is 9.59 Å². The van der Waals surface area contributed by atoms with Crippen LogP contribution >= 0.6 is 11.3 Å². The number of rotatable bonds is 5. The highest BCUT2D eigenvalue weighted by atomic mass is 32.1. The van der Waals surface area contributed by atoms with Crippen LogP contribution in [0.5, 0.6) is 0 Å². The van der Waals surface area contributed by atoms with Crippen molar-refractivity contribution in [2.45, 2.75) is 52.2 Å². The van der Waals surface area contributed by atoms with Gasteiger partial charge in [-0.25, -0.2) is 4.79 Å². The van der Waals surface area contributed by atoms with Gasteiger partial charge < -0.3 is 5.32 Å². The zero-order chi connectivity index (χ0) is 20.6. The summed E-state index contributed by atoms with van der Waals surface area (Å²) in [6.07, 6.45) is 1.83. The fraction of sp³-hybridized carbons (Fsp3) is 0.478. The molecule has 154 valence electrons. The van der Waals surface area contributed by atoms with Gasteiger partial charge in [0.1, 0.15) is 5.54 Å². The first kappa shape index (κ1) is 20.1. The van der Waals surface area contributed by atoms with Gasteiger partial charge in [0.15, 0.2) is 0 Å². The Hall–Kier alpha value is -2.18. The van der Waals surface area contributed by atoms with E-state index in [1.807, 2.05) is 23.8 Å². The van der Waals surface area contributed by atoms with Crippen LogP contribution in [0.25, 0.3) is 0 Å². The zero-order valence-electron chi connectivity index (χ0n) is 17.4. The number of nitrogens with one attached hydrogen (secondary N) is 1. The van der Waals surface area contributed by atoms with E-state index in [0.29, 0.717) is 6.54 Å². The van der Waals surface area contributed by atoms with Crippen LogP contribution in [0.3, 0.4) is 0 Å².